The predicted molar refractivity (Wildman–Crippen MR) is 77.8 cm³/mol. The third kappa shape index (κ3) is 3.02. The molecule has 1 atom stereocenters. The van der Waals surface area contributed by atoms with Gasteiger partial charge in [0.15, 0.2) is 0 Å². The van der Waals surface area contributed by atoms with E-state index < -0.39 is 0 Å². The van der Waals surface area contributed by atoms with E-state index in [0.717, 1.165) is 17.6 Å². The molecule has 0 radical (unpaired) electrons. The Bertz CT molecular complexity index is 415. The number of nitrogens with zero attached hydrogens (tertiary/aromatic N) is 1. The Kier molecular flexibility index (Phi) is 3.50. The SMILES string of the molecule is Cc1cc(Br)ccc1N1CC(C)NC(C)(C)C1. The molecule has 0 saturated carbocycles. The van der Waals surface area contributed by atoms with E-state index in [1.54, 1.807) is 0 Å². The second-order valence-electron chi connectivity index (χ2n) is 5.74. The maximum atomic E-state index is 3.64. The lowest BCUT2D eigenvalue weighted by Crippen LogP contribution is -2.61. The molecule has 0 aromatic heterocycles. The molecule has 2 rings (SSSR count). The third-order valence-corrected chi connectivity index (χ3v) is 3.71. The molecule has 1 aromatic rings. The number of aryl methyl sites for hydroxylation is 1. The van der Waals surface area contributed by atoms with E-state index in [2.05, 4.69) is 72.0 Å². The number of rotatable bonds is 1. The Labute approximate surface area is 113 Å². The molecule has 0 spiro atoms. The molecule has 0 amide bonds. The first-order valence-electron chi connectivity index (χ1n) is 6.16. The number of hydrogen-bond donors (Lipinski definition) is 1. The Morgan fingerprint density at radius 3 is 2.71 bits per heavy atom. The van der Waals surface area contributed by atoms with Crippen molar-refractivity contribution >= 4 is 21.6 Å². The van der Waals surface area contributed by atoms with E-state index in [0.29, 0.717) is 6.04 Å². The predicted octanol–water partition coefficient (Wildman–Crippen LogP) is 3.33. The quantitative estimate of drug-likeness (QED) is 0.855. The highest BCUT2D eigenvalue weighted by Crippen LogP contribution is 2.27. The van der Waals surface area contributed by atoms with Crippen molar-refractivity contribution in [3.63, 3.8) is 0 Å². The lowest BCUT2D eigenvalue weighted by Gasteiger charge is -2.44. The van der Waals surface area contributed by atoms with Gasteiger partial charge in [0.25, 0.3) is 0 Å². The Morgan fingerprint density at radius 2 is 2.12 bits per heavy atom. The zero-order valence-electron chi connectivity index (χ0n) is 11.0. The summed E-state index contributed by atoms with van der Waals surface area (Å²) in [4.78, 5) is 2.49. The zero-order chi connectivity index (χ0) is 12.6. The number of benzene rings is 1. The third-order valence-electron chi connectivity index (χ3n) is 3.22. The normalized spacial score (nSPS) is 23.8. The van der Waals surface area contributed by atoms with Crippen molar-refractivity contribution < 1.29 is 0 Å². The monoisotopic (exact) mass is 296 g/mol. The first-order valence-corrected chi connectivity index (χ1v) is 6.95. The van der Waals surface area contributed by atoms with E-state index in [1.807, 2.05) is 0 Å². The van der Waals surface area contributed by atoms with Gasteiger partial charge in [-0.1, -0.05) is 15.9 Å². The van der Waals surface area contributed by atoms with Crippen LogP contribution >= 0.6 is 15.9 Å². The van der Waals surface area contributed by atoms with Crippen LogP contribution in [0.1, 0.15) is 26.3 Å². The van der Waals surface area contributed by atoms with Gasteiger partial charge in [0.05, 0.1) is 0 Å². The van der Waals surface area contributed by atoms with Crippen LogP contribution in [0, 0.1) is 6.92 Å². The minimum atomic E-state index is 0.178. The van der Waals surface area contributed by atoms with Gasteiger partial charge in [-0.05, 0) is 51.5 Å². The van der Waals surface area contributed by atoms with Crippen LogP contribution in [-0.2, 0) is 0 Å². The first-order chi connectivity index (χ1) is 7.87. The molecular formula is C14H21BrN2. The minimum absolute atomic E-state index is 0.178. The number of hydrogen-bond acceptors (Lipinski definition) is 2. The highest BCUT2D eigenvalue weighted by molar-refractivity contribution is 9.10. The summed E-state index contributed by atoms with van der Waals surface area (Å²) in [5.74, 6) is 0. The van der Waals surface area contributed by atoms with E-state index in [9.17, 15) is 0 Å². The van der Waals surface area contributed by atoms with Crippen LogP contribution < -0.4 is 10.2 Å². The van der Waals surface area contributed by atoms with Crippen LogP contribution in [0.2, 0.25) is 0 Å². The summed E-state index contributed by atoms with van der Waals surface area (Å²) in [5.41, 5.74) is 2.87. The van der Waals surface area contributed by atoms with Crippen molar-refractivity contribution in [3.8, 4) is 0 Å². The lowest BCUT2D eigenvalue weighted by molar-refractivity contribution is 0.301. The lowest BCUT2D eigenvalue weighted by atomic mass is 9.98. The molecule has 1 N–H and O–H groups in total. The van der Waals surface area contributed by atoms with Crippen LogP contribution in [0.5, 0.6) is 0 Å². The van der Waals surface area contributed by atoms with Gasteiger partial charge < -0.3 is 10.2 Å². The van der Waals surface area contributed by atoms with E-state index in [-0.39, 0.29) is 5.54 Å². The Morgan fingerprint density at radius 1 is 1.41 bits per heavy atom. The maximum absolute atomic E-state index is 3.64. The molecule has 1 aromatic carbocycles. The minimum Gasteiger partial charge on any atom is -0.368 e. The smallest absolute Gasteiger partial charge is 0.0397 e. The van der Waals surface area contributed by atoms with Gasteiger partial charge in [-0.3, -0.25) is 0 Å². The number of piperazine rings is 1. The van der Waals surface area contributed by atoms with Gasteiger partial charge in [0.1, 0.15) is 0 Å². The number of halogens is 1. The van der Waals surface area contributed by atoms with Crippen molar-refractivity contribution in [2.75, 3.05) is 18.0 Å². The van der Waals surface area contributed by atoms with Crippen LogP contribution in [0.25, 0.3) is 0 Å². The van der Waals surface area contributed by atoms with Gasteiger partial charge >= 0.3 is 0 Å². The fourth-order valence-electron chi connectivity index (χ4n) is 2.79. The van der Waals surface area contributed by atoms with Gasteiger partial charge in [-0.15, -0.1) is 0 Å². The second kappa shape index (κ2) is 4.62. The molecule has 1 heterocycles. The Balaban J connectivity index is 2.27. The van der Waals surface area contributed by atoms with Crippen molar-refractivity contribution in [2.24, 2.45) is 0 Å². The van der Waals surface area contributed by atoms with Crippen LogP contribution in [-0.4, -0.2) is 24.7 Å². The van der Waals surface area contributed by atoms with Crippen molar-refractivity contribution in [1.82, 2.24) is 5.32 Å². The van der Waals surface area contributed by atoms with Crippen LogP contribution in [0.4, 0.5) is 5.69 Å². The fourth-order valence-corrected chi connectivity index (χ4v) is 3.26. The molecule has 1 aliphatic heterocycles. The van der Waals surface area contributed by atoms with Gasteiger partial charge in [-0.2, -0.15) is 0 Å². The van der Waals surface area contributed by atoms with Gasteiger partial charge in [-0.25, -0.2) is 0 Å². The standard InChI is InChI=1S/C14H21BrN2/c1-10-7-12(15)5-6-13(10)17-8-11(2)16-14(3,4)9-17/h5-7,11,16H,8-9H2,1-4H3. The average molecular weight is 297 g/mol. The zero-order valence-corrected chi connectivity index (χ0v) is 12.6. The molecule has 2 nitrogen and oxygen atoms in total. The number of nitrogens with one attached hydrogen (secondary N) is 1. The summed E-state index contributed by atoms with van der Waals surface area (Å²) >= 11 is 3.52. The topological polar surface area (TPSA) is 15.3 Å². The van der Waals surface area contributed by atoms with Gasteiger partial charge in [0.2, 0.25) is 0 Å². The molecule has 3 heteroatoms. The number of anilines is 1. The molecule has 0 bridgehead atoms. The maximum Gasteiger partial charge on any atom is 0.0397 e. The van der Waals surface area contributed by atoms with Crippen molar-refractivity contribution in [2.45, 2.75) is 39.3 Å². The molecule has 1 unspecified atom stereocenters. The second-order valence-corrected chi connectivity index (χ2v) is 6.66. The molecule has 17 heavy (non-hydrogen) atoms. The van der Waals surface area contributed by atoms with E-state index in [1.165, 1.54) is 11.3 Å². The highest BCUT2D eigenvalue weighted by atomic mass is 79.9. The summed E-state index contributed by atoms with van der Waals surface area (Å²) < 4.78 is 1.15. The van der Waals surface area contributed by atoms with Crippen LogP contribution in [0.3, 0.4) is 0 Å². The van der Waals surface area contributed by atoms with Crippen molar-refractivity contribution in [3.05, 3.63) is 28.2 Å². The molecule has 1 saturated heterocycles. The van der Waals surface area contributed by atoms with Crippen LogP contribution in [0.15, 0.2) is 22.7 Å². The molecule has 94 valence electrons. The first kappa shape index (κ1) is 12.9. The van der Waals surface area contributed by atoms with E-state index in [4.69, 9.17) is 0 Å². The van der Waals surface area contributed by atoms with Gasteiger partial charge in [0, 0.05) is 34.8 Å². The summed E-state index contributed by atoms with van der Waals surface area (Å²) in [5, 5.41) is 3.64. The molecule has 1 fully saturated rings. The summed E-state index contributed by atoms with van der Waals surface area (Å²) in [6.45, 7) is 11.1. The summed E-state index contributed by atoms with van der Waals surface area (Å²) in [7, 11) is 0. The van der Waals surface area contributed by atoms with E-state index >= 15 is 0 Å². The highest BCUT2D eigenvalue weighted by Gasteiger charge is 2.30. The summed E-state index contributed by atoms with van der Waals surface area (Å²) in [6.07, 6.45) is 0. The Hall–Kier alpha value is -0.540. The molecule has 1 aliphatic rings. The summed E-state index contributed by atoms with van der Waals surface area (Å²) in [6, 6.07) is 7.06. The average Bonchev–Trinajstić information content (AvgIpc) is 2.13. The van der Waals surface area contributed by atoms with Crippen molar-refractivity contribution in [1.29, 1.82) is 0 Å². The fraction of sp³-hybridized carbons (Fsp3) is 0.571. The largest absolute Gasteiger partial charge is 0.368 e. The molecular weight excluding hydrogens is 276 g/mol. The molecule has 0 aliphatic carbocycles.